The average molecular weight is 249 g/mol. The Morgan fingerprint density at radius 3 is 2.50 bits per heavy atom. The SMILES string of the molecule is COCC(CNC(c1ccccc1)C1CC1)OC. The van der Waals surface area contributed by atoms with E-state index in [2.05, 4.69) is 35.6 Å². The van der Waals surface area contributed by atoms with Gasteiger partial charge in [0.15, 0.2) is 0 Å². The van der Waals surface area contributed by atoms with Crippen LogP contribution in [0.15, 0.2) is 30.3 Å². The van der Waals surface area contributed by atoms with Crippen molar-refractivity contribution in [2.75, 3.05) is 27.4 Å². The van der Waals surface area contributed by atoms with Gasteiger partial charge in [-0.05, 0) is 24.3 Å². The molecular weight excluding hydrogens is 226 g/mol. The molecular formula is C15H23NO2. The van der Waals surface area contributed by atoms with E-state index in [1.54, 1.807) is 14.2 Å². The van der Waals surface area contributed by atoms with Gasteiger partial charge in [-0.2, -0.15) is 0 Å². The normalized spacial score (nSPS) is 18.6. The summed E-state index contributed by atoms with van der Waals surface area (Å²) < 4.78 is 10.5. The summed E-state index contributed by atoms with van der Waals surface area (Å²) in [4.78, 5) is 0. The van der Waals surface area contributed by atoms with Crippen LogP contribution >= 0.6 is 0 Å². The van der Waals surface area contributed by atoms with Gasteiger partial charge in [-0.25, -0.2) is 0 Å². The molecule has 3 heteroatoms. The van der Waals surface area contributed by atoms with Crippen molar-refractivity contribution >= 4 is 0 Å². The van der Waals surface area contributed by atoms with Crippen LogP contribution in [-0.2, 0) is 9.47 Å². The molecule has 1 fully saturated rings. The molecule has 0 spiro atoms. The van der Waals surface area contributed by atoms with Crippen molar-refractivity contribution in [2.24, 2.45) is 5.92 Å². The van der Waals surface area contributed by atoms with E-state index in [-0.39, 0.29) is 6.10 Å². The highest BCUT2D eigenvalue weighted by Crippen LogP contribution is 2.40. The minimum Gasteiger partial charge on any atom is -0.382 e. The number of hydrogen-bond donors (Lipinski definition) is 1. The zero-order valence-electron chi connectivity index (χ0n) is 11.3. The standard InChI is InChI=1S/C15H23NO2/c1-17-11-14(18-2)10-16-15(13-8-9-13)12-6-4-3-5-7-12/h3-7,13-16H,8-11H2,1-2H3. The Balaban J connectivity index is 1.91. The summed E-state index contributed by atoms with van der Waals surface area (Å²) in [6, 6.07) is 11.1. The number of benzene rings is 1. The van der Waals surface area contributed by atoms with E-state index in [4.69, 9.17) is 9.47 Å². The number of rotatable bonds is 8. The van der Waals surface area contributed by atoms with Crippen molar-refractivity contribution in [1.29, 1.82) is 0 Å². The third-order valence-corrected chi connectivity index (χ3v) is 3.50. The Hall–Kier alpha value is -0.900. The number of ether oxygens (including phenoxy) is 2. The third kappa shape index (κ3) is 3.80. The fraction of sp³-hybridized carbons (Fsp3) is 0.600. The van der Waals surface area contributed by atoms with Gasteiger partial charge in [0.05, 0.1) is 12.7 Å². The largest absolute Gasteiger partial charge is 0.382 e. The van der Waals surface area contributed by atoms with Crippen molar-refractivity contribution in [1.82, 2.24) is 5.32 Å². The second-order valence-corrected chi connectivity index (χ2v) is 4.95. The summed E-state index contributed by atoms with van der Waals surface area (Å²) in [6.07, 6.45) is 2.78. The minimum atomic E-state index is 0.125. The van der Waals surface area contributed by atoms with Gasteiger partial charge in [-0.1, -0.05) is 30.3 Å². The number of nitrogens with one attached hydrogen (secondary N) is 1. The summed E-state index contributed by atoms with van der Waals surface area (Å²) in [5.74, 6) is 0.785. The van der Waals surface area contributed by atoms with Crippen LogP contribution in [0, 0.1) is 5.92 Å². The molecule has 1 N–H and O–H groups in total. The fourth-order valence-electron chi connectivity index (χ4n) is 2.30. The Morgan fingerprint density at radius 2 is 1.94 bits per heavy atom. The van der Waals surface area contributed by atoms with E-state index < -0.39 is 0 Å². The zero-order chi connectivity index (χ0) is 12.8. The first kappa shape index (κ1) is 13.5. The van der Waals surface area contributed by atoms with E-state index >= 15 is 0 Å². The fourth-order valence-corrected chi connectivity index (χ4v) is 2.30. The first-order valence-electron chi connectivity index (χ1n) is 6.65. The maximum Gasteiger partial charge on any atom is 0.0928 e. The monoisotopic (exact) mass is 249 g/mol. The summed E-state index contributed by atoms with van der Waals surface area (Å²) >= 11 is 0. The first-order valence-corrected chi connectivity index (χ1v) is 6.65. The average Bonchev–Trinajstić information content (AvgIpc) is 3.23. The maximum atomic E-state index is 5.39. The molecule has 0 bridgehead atoms. The first-order chi connectivity index (χ1) is 8.85. The van der Waals surface area contributed by atoms with Crippen LogP contribution in [0.2, 0.25) is 0 Å². The molecule has 1 aliphatic rings. The van der Waals surface area contributed by atoms with E-state index in [0.29, 0.717) is 12.6 Å². The molecule has 3 nitrogen and oxygen atoms in total. The topological polar surface area (TPSA) is 30.5 Å². The lowest BCUT2D eigenvalue weighted by molar-refractivity contribution is 0.0269. The van der Waals surface area contributed by atoms with Crippen LogP contribution in [-0.4, -0.2) is 33.5 Å². The molecule has 0 radical (unpaired) electrons. The molecule has 0 saturated heterocycles. The van der Waals surface area contributed by atoms with Crippen LogP contribution in [0.3, 0.4) is 0 Å². The van der Waals surface area contributed by atoms with Crippen LogP contribution in [0.5, 0.6) is 0 Å². The zero-order valence-corrected chi connectivity index (χ0v) is 11.3. The summed E-state index contributed by atoms with van der Waals surface area (Å²) in [6.45, 7) is 1.47. The van der Waals surface area contributed by atoms with Crippen molar-refractivity contribution in [3.63, 3.8) is 0 Å². The minimum absolute atomic E-state index is 0.125. The van der Waals surface area contributed by atoms with Crippen LogP contribution in [0.25, 0.3) is 0 Å². The lowest BCUT2D eigenvalue weighted by Gasteiger charge is -2.22. The molecule has 2 atom stereocenters. The second kappa shape index (κ2) is 6.88. The highest BCUT2D eigenvalue weighted by molar-refractivity contribution is 5.21. The predicted molar refractivity (Wildman–Crippen MR) is 72.6 cm³/mol. The Kier molecular flexibility index (Phi) is 5.17. The third-order valence-electron chi connectivity index (χ3n) is 3.50. The van der Waals surface area contributed by atoms with Gasteiger partial charge in [-0.3, -0.25) is 0 Å². The molecule has 0 aliphatic heterocycles. The second-order valence-electron chi connectivity index (χ2n) is 4.95. The van der Waals surface area contributed by atoms with Gasteiger partial charge in [-0.15, -0.1) is 0 Å². The summed E-state index contributed by atoms with van der Waals surface area (Å²) in [5, 5.41) is 3.63. The molecule has 0 heterocycles. The van der Waals surface area contributed by atoms with Gasteiger partial charge >= 0.3 is 0 Å². The lowest BCUT2D eigenvalue weighted by atomic mass is 10.0. The molecule has 2 unspecified atom stereocenters. The molecule has 1 aromatic rings. The van der Waals surface area contributed by atoms with Gasteiger partial charge in [0.25, 0.3) is 0 Å². The van der Waals surface area contributed by atoms with Gasteiger partial charge < -0.3 is 14.8 Å². The van der Waals surface area contributed by atoms with Crippen LogP contribution in [0.4, 0.5) is 0 Å². The van der Waals surface area contributed by atoms with Crippen molar-refractivity contribution in [3.8, 4) is 0 Å². The molecule has 2 rings (SSSR count). The van der Waals surface area contributed by atoms with Gasteiger partial charge in [0.2, 0.25) is 0 Å². The van der Waals surface area contributed by atoms with Crippen LogP contribution < -0.4 is 5.32 Å². The van der Waals surface area contributed by atoms with Crippen molar-refractivity contribution in [2.45, 2.75) is 25.0 Å². The summed E-state index contributed by atoms with van der Waals surface area (Å²) in [5.41, 5.74) is 1.38. The van der Waals surface area contributed by atoms with Crippen LogP contribution in [0.1, 0.15) is 24.4 Å². The molecule has 100 valence electrons. The smallest absolute Gasteiger partial charge is 0.0928 e. The number of hydrogen-bond acceptors (Lipinski definition) is 3. The molecule has 18 heavy (non-hydrogen) atoms. The van der Waals surface area contributed by atoms with E-state index in [0.717, 1.165) is 12.5 Å². The van der Waals surface area contributed by atoms with E-state index in [9.17, 15) is 0 Å². The highest BCUT2D eigenvalue weighted by Gasteiger charge is 2.32. The van der Waals surface area contributed by atoms with Gasteiger partial charge in [0.1, 0.15) is 0 Å². The van der Waals surface area contributed by atoms with E-state index in [1.807, 2.05) is 0 Å². The number of methoxy groups -OCH3 is 2. The maximum absolute atomic E-state index is 5.39. The van der Waals surface area contributed by atoms with Crippen molar-refractivity contribution in [3.05, 3.63) is 35.9 Å². The highest BCUT2D eigenvalue weighted by atomic mass is 16.5. The van der Waals surface area contributed by atoms with Gasteiger partial charge in [0, 0.05) is 26.8 Å². The van der Waals surface area contributed by atoms with E-state index in [1.165, 1.54) is 18.4 Å². The Morgan fingerprint density at radius 1 is 1.22 bits per heavy atom. The Bertz CT molecular complexity index is 338. The van der Waals surface area contributed by atoms with Crippen molar-refractivity contribution < 1.29 is 9.47 Å². The predicted octanol–water partition coefficient (Wildman–Crippen LogP) is 2.39. The lowest BCUT2D eigenvalue weighted by Crippen LogP contribution is -2.35. The Labute approximate surface area is 109 Å². The molecule has 0 aromatic heterocycles. The molecule has 1 saturated carbocycles. The quantitative estimate of drug-likeness (QED) is 0.767. The molecule has 1 aliphatic carbocycles. The molecule has 1 aromatic carbocycles. The summed E-state index contributed by atoms with van der Waals surface area (Å²) in [7, 11) is 3.45. The molecule has 0 amide bonds.